The Hall–Kier alpha value is -3.93. The molecule has 0 aliphatic carbocycles. The van der Waals surface area contributed by atoms with Crippen molar-refractivity contribution in [1.82, 2.24) is 19.2 Å². The highest BCUT2D eigenvalue weighted by atomic mass is 16.5. The molecule has 0 atom stereocenters. The van der Waals surface area contributed by atoms with E-state index in [-0.39, 0.29) is 5.56 Å². The molecular formula is C23H18N4O2. The van der Waals surface area contributed by atoms with Crippen LogP contribution < -0.4 is 10.3 Å². The highest BCUT2D eigenvalue weighted by molar-refractivity contribution is 5.81. The fourth-order valence-corrected chi connectivity index (χ4v) is 3.51. The molecule has 0 aliphatic rings. The van der Waals surface area contributed by atoms with Gasteiger partial charge >= 0.3 is 0 Å². The number of aryl methyl sites for hydroxylation is 1. The van der Waals surface area contributed by atoms with Crippen LogP contribution in [0.4, 0.5) is 0 Å². The van der Waals surface area contributed by atoms with Gasteiger partial charge in [0.05, 0.1) is 16.6 Å². The van der Waals surface area contributed by atoms with E-state index in [4.69, 9.17) is 4.74 Å². The molecule has 0 saturated carbocycles. The van der Waals surface area contributed by atoms with Gasteiger partial charge in [-0.25, -0.2) is 4.57 Å². The van der Waals surface area contributed by atoms with E-state index in [2.05, 4.69) is 10.2 Å². The lowest BCUT2D eigenvalue weighted by Crippen LogP contribution is -2.22. The Morgan fingerprint density at radius 1 is 0.828 bits per heavy atom. The molecule has 2 heterocycles. The first kappa shape index (κ1) is 17.2. The predicted molar refractivity (Wildman–Crippen MR) is 112 cm³/mol. The van der Waals surface area contributed by atoms with Crippen molar-refractivity contribution in [3.05, 3.63) is 95.0 Å². The summed E-state index contributed by atoms with van der Waals surface area (Å²) >= 11 is 0. The third kappa shape index (κ3) is 2.86. The Bertz CT molecular complexity index is 1370. The molecule has 3 aromatic carbocycles. The van der Waals surface area contributed by atoms with Crippen LogP contribution >= 0.6 is 0 Å². The minimum absolute atomic E-state index is 0.125. The molecule has 0 fully saturated rings. The smallest absolute Gasteiger partial charge is 0.267 e. The Balaban J connectivity index is 1.67. The maximum atomic E-state index is 13.3. The van der Waals surface area contributed by atoms with Gasteiger partial charge in [0.15, 0.2) is 0 Å². The maximum Gasteiger partial charge on any atom is 0.267 e. The number of ether oxygens (including phenoxy) is 1. The Labute approximate surface area is 166 Å². The van der Waals surface area contributed by atoms with Crippen molar-refractivity contribution in [1.29, 1.82) is 0 Å². The fourth-order valence-electron chi connectivity index (χ4n) is 3.51. The third-order valence-electron chi connectivity index (χ3n) is 4.88. The van der Waals surface area contributed by atoms with Crippen LogP contribution in [0.5, 0.6) is 11.5 Å². The number of rotatable bonds is 4. The summed E-state index contributed by atoms with van der Waals surface area (Å²) in [6.45, 7) is 2.02. The van der Waals surface area contributed by atoms with Gasteiger partial charge < -0.3 is 4.74 Å². The van der Waals surface area contributed by atoms with Crippen molar-refractivity contribution in [3.8, 4) is 17.2 Å². The van der Waals surface area contributed by atoms with Gasteiger partial charge in [0, 0.05) is 6.42 Å². The second-order valence-electron chi connectivity index (χ2n) is 6.67. The molecule has 6 nitrogen and oxygen atoms in total. The molecule has 5 aromatic rings. The van der Waals surface area contributed by atoms with Crippen LogP contribution in [0.15, 0.2) is 83.7 Å². The van der Waals surface area contributed by atoms with Gasteiger partial charge in [-0.2, -0.15) is 0 Å². The van der Waals surface area contributed by atoms with Crippen LogP contribution in [-0.4, -0.2) is 19.2 Å². The highest BCUT2D eigenvalue weighted by Crippen LogP contribution is 2.23. The number of hydrogen-bond donors (Lipinski definition) is 0. The van der Waals surface area contributed by atoms with Crippen molar-refractivity contribution in [2.75, 3.05) is 0 Å². The summed E-state index contributed by atoms with van der Waals surface area (Å²) in [6.07, 6.45) is 0.715. The van der Waals surface area contributed by atoms with Crippen molar-refractivity contribution < 1.29 is 4.74 Å². The predicted octanol–water partition coefficient (Wildman–Crippen LogP) is 4.39. The van der Waals surface area contributed by atoms with Gasteiger partial charge in [0.1, 0.15) is 17.3 Å². The summed E-state index contributed by atoms with van der Waals surface area (Å²) in [6, 6.07) is 24.5. The molecular weight excluding hydrogens is 364 g/mol. The topological polar surface area (TPSA) is 61.4 Å². The van der Waals surface area contributed by atoms with Crippen molar-refractivity contribution in [2.24, 2.45) is 0 Å². The zero-order valence-corrected chi connectivity index (χ0v) is 15.8. The Kier molecular flexibility index (Phi) is 4.09. The molecule has 0 N–H and O–H groups in total. The molecule has 5 rings (SSSR count). The van der Waals surface area contributed by atoms with Crippen LogP contribution in [0.25, 0.3) is 22.4 Å². The molecule has 29 heavy (non-hydrogen) atoms. The lowest BCUT2D eigenvalue weighted by molar-refractivity contribution is 0.482. The summed E-state index contributed by atoms with van der Waals surface area (Å²) in [5, 5.41) is 9.23. The van der Waals surface area contributed by atoms with Crippen LogP contribution in [0.1, 0.15) is 12.7 Å². The summed E-state index contributed by atoms with van der Waals surface area (Å²) in [7, 11) is 0. The van der Waals surface area contributed by atoms with E-state index in [1.54, 1.807) is 4.57 Å². The van der Waals surface area contributed by atoms with Crippen LogP contribution in [0.2, 0.25) is 0 Å². The van der Waals surface area contributed by atoms with Crippen molar-refractivity contribution >= 4 is 16.7 Å². The number of hydrogen-bond acceptors (Lipinski definition) is 4. The number of para-hydroxylation sites is 2. The zero-order chi connectivity index (χ0) is 19.8. The monoisotopic (exact) mass is 382 g/mol. The van der Waals surface area contributed by atoms with Crippen LogP contribution in [0, 0.1) is 0 Å². The number of nitrogens with zero attached hydrogens (tertiary/aromatic N) is 4. The standard InChI is InChI=1S/C23H18N4O2/c1-2-21-24-25-23-26(22(28)19-10-6-7-11-20(19)27(21)23)16-12-14-18(15-13-16)29-17-8-4-3-5-9-17/h3-15H,2H2,1H3. The second-order valence-corrected chi connectivity index (χ2v) is 6.67. The Morgan fingerprint density at radius 3 is 2.28 bits per heavy atom. The van der Waals surface area contributed by atoms with Crippen LogP contribution in [-0.2, 0) is 6.42 Å². The van der Waals surface area contributed by atoms with Gasteiger partial charge in [-0.15, -0.1) is 10.2 Å². The molecule has 142 valence electrons. The molecule has 0 spiro atoms. The first-order chi connectivity index (χ1) is 14.3. The molecule has 0 saturated heterocycles. The van der Waals surface area contributed by atoms with Gasteiger partial charge in [0.25, 0.3) is 5.56 Å². The minimum Gasteiger partial charge on any atom is -0.457 e. The summed E-state index contributed by atoms with van der Waals surface area (Å²) in [5.41, 5.74) is 1.40. The van der Waals surface area contributed by atoms with Crippen molar-refractivity contribution in [3.63, 3.8) is 0 Å². The van der Waals surface area contributed by atoms with E-state index in [1.807, 2.05) is 90.2 Å². The first-order valence-corrected chi connectivity index (χ1v) is 9.47. The maximum absolute atomic E-state index is 13.3. The highest BCUT2D eigenvalue weighted by Gasteiger charge is 2.16. The van der Waals surface area contributed by atoms with E-state index in [1.165, 1.54) is 0 Å². The molecule has 0 aliphatic heterocycles. The van der Waals surface area contributed by atoms with Gasteiger partial charge in [-0.3, -0.25) is 9.20 Å². The van der Waals surface area contributed by atoms with Crippen molar-refractivity contribution in [2.45, 2.75) is 13.3 Å². The lowest BCUT2D eigenvalue weighted by atomic mass is 10.2. The van der Waals surface area contributed by atoms with Gasteiger partial charge in [-0.1, -0.05) is 37.3 Å². The van der Waals surface area contributed by atoms with Gasteiger partial charge in [0.2, 0.25) is 5.78 Å². The largest absolute Gasteiger partial charge is 0.457 e. The first-order valence-electron chi connectivity index (χ1n) is 9.47. The zero-order valence-electron chi connectivity index (χ0n) is 15.8. The van der Waals surface area contributed by atoms with E-state index in [0.717, 1.165) is 17.1 Å². The number of fused-ring (bicyclic) bond motifs is 3. The molecule has 2 aromatic heterocycles. The van der Waals surface area contributed by atoms with Gasteiger partial charge in [-0.05, 0) is 48.5 Å². The molecule has 6 heteroatoms. The number of aromatic nitrogens is 4. The quantitative estimate of drug-likeness (QED) is 0.463. The Morgan fingerprint density at radius 2 is 1.52 bits per heavy atom. The number of benzene rings is 3. The van der Waals surface area contributed by atoms with E-state index < -0.39 is 0 Å². The molecule has 0 amide bonds. The van der Waals surface area contributed by atoms with E-state index in [9.17, 15) is 4.79 Å². The minimum atomic E-state index is -0.125. The molecule has 0 radical (unpaired) electrons. The SMILES string of the molecule is CCc1nnc2n(-c3ccc(Oc4ccccc4)cc3)c(=O)c3ccccc3n12. The van der Waals surface area contributed by atoms with Crippen LogP contribution in [0.3, 0.4) is 0 Å². The average Bonchev–Trinajstić information content (AvgIpc) is 3.20. The molecule has 0 unspecified atom stereocenters. The second kappa shape index (κ2) is 6.91. The summed E-state index contributed by atoms with van der Waals surface area (Å²) in [4.78, 5) is 13.3. The van der Waals surface area contributed by atoms with E-state index in [0.29, 0.717) is 29.0 Å². The summed E-state index contributed by atoms with van der Waals surface area (Å²) < 4.78 is 9.41. The summed E-state index contributed by atoms with van der Waals surface area (Å²) in [5.74, 6) is 2.77. The van der Waals surface area contributed by atoms with E-state index >= 15 is 0 Å². The molecule has 0 bridgehead atoms. The average molecular weight is 382 g/mol. The normalized spacial score (nSPS) is 11.2. The lowest BCUT2D eigenvalue weighted by Gasteiger charge is -2.12. The fraction of sp³-hybridized carbons (Fsp3) is 0.0870. The third-order valence-corrected chi connectivity index (χ3v) is 4.88.